The molecule has 0 radical (unpaired) electrons. The monoisotopic (exact) mass is 282 g/mol. The predicted octanol–water partition coefficient (Wildman–Crippen LogP) is 3.13. The summed E-state index contributed by atoms with van der Waals surface area (Å²) in [4.78, 5) is 2.67. The minimum atomic E-state index is 0.504. The summed E-state index contributed by atoms with van der Waals surface area (Å²) in [7, 11) is 0. The molecule has 2 saturated heterocycles. The molecule has 2 atom stereocenters. The Morgan fingerprint density at radius 3 is 2.62 bits per heavy atom. The van der Waals surface area contributed by atoms with Crippen LogP contribution in [-0.4, -0.2) is 39.0 Å². The van der Waals surface area contributed by atoms with Gasteiger partial charge in [-0.1, -0.05) is 42.0 Å². The van der Waals surface area contributed by atoms with E-state index >= 15 is 0 Å². The second-order valence-corrected chi connectivity index (χ2v) is 6.26. The van der Waals surface area contributed by atoms with Crippen molar-refractivity contribution < 1.29 is 0 Å². The lowest BCUT2D eigenvalue weighted by Crippen LogP contribution is -2.48. The summed E-state index contributed by atoms with van der Waals surface area (Å²) in [6.07, 6.45) is 8.68. The number of hydrogen-bond donors (Lipinski definition) is 0. The van der Waals surface area contributed by atoms with Gasteiger partial charge in [-0.25, -0.2) is 4.68 Å². The molecule has 2 aliphatic rings. The molecule has 4 nitrogen and oxygen atoms in total. The standard InChI is InChI=1S/C17H22N4/c1-2-7-14(8-3-1)15-13-21(19-18-15)17-10-6-12-20-11-5-4-9-16(17)20/h1-3,7-8,13,16-17H,4-6,9-12H2/t16-,17+/m0/s1. The summed E-state index contributed by atoms with van der Waals surface area (Å²) < 4.78 is 2.13. The van der Waals surface area contributed by atoms with Gasteiger partial charge in [0.05, 0.1) is 12.2 Å². The van der Waals surface area contributed by atoms with Crippen molar-refractivity contribution in [2.45, 2.75) is 44.2 Å². The topological polar surface area (TPSA) is 34.0 Å². The summed E-state index contributed by atoms with van der Waals surface area (Å²) in [5.41, 5.74) is 2.14. The first-order valence-electron chi connectivity index (χ1n) is 8.13. The zero-order chi connectivity index (χ0) is 14.1. The van der Waals surface area contributed by atoms with E-state index in [1.807, 2.05) is 6.07 Å². The highest BCUT2D eigenvalue weighted by atomic mass is 15.4. The van der Waals surface area contributed by atoms with Crippen molar-refractivity contribution in [2.75, 3.05) is 13.1 Å². The Morgan fingerprint density at radius 1 is 0.905 bits per heavy atom. The predicted molar refractivity (Wildman–Crippen MR) is 82.9 cm³/mol. The zero-order valence-corrected chi connectivity index (χ0v) is 12.4. The van der Waals surface area contributed by atoms with Gasteiger partial charge in [-0.3, -0.25) is 4.90 Å². The minimum absolute atomic E-state index is 0.504. The Balaban J connectivity index is 1.60. The molecule has 1 aromatic heterocycles. The van der Waals surface area contributed by atoms with Crippen molar-refractivity contribution in [1.82, 2.24) is 19.9 Å². The van der Waals surface area contributed by atoms with Gasteiger partial charge < -0.3 is 0 Å². The molecule has 3 heterocycles. The van der Waals surface area contributed by atoms with Crippen LogP contribution in [0.5, 0.6) is 0 Å². The number of aromatic nitrogens is 3. The Kier molecular flexibility index (Phi) is 3.47. The number of fused-ring (bicyclic) bond motifs is 1. The van der Waals surface area contributed by atoms with E-state index in [2.05, 4.69) is 50.4 Å². The van der Waals surface area contributed by atoms with Gasteiger partial charge >= 0.3 is 0 Å². The fourth-order valence-corrected chi connectivity index (χ4v) is 3.91. The summed E-state index contributed by atoms with van der Waals surface area (Å²) in [5.74, 6) is 0. The Hall–Kier alpha value is -1.68. The third-order valence-electron chi connectivity index (χ3n) is 4.97. The van der Waals surface area contributed by atoms with E-state index in [4.69, 9.17) is 0 Å². The fraction of sp³-hybridized carbons (Fsp3) is 0.529. The summed E-state index contributed by atoms with van der Waals surface area (Å²) in [6, 6.07) is 11.5. The number of hydrogen-bond acceptors (Lipinski definition) is 3. The number of nitrogens with zero attached hydrogens (tertiary/aromatic N) is 4. The van der Waals surface area contributed by atoms with Gasteiger partial charge in [0.15, 0.2) is 0 Å². The molecule has 21 heavy (non-hydrogen) atoms. The van der Waals surface area contributed by atoms with Gasteiger partial charge in [0.1, 0.15) is 5.69 Å². The number of piperidine rings is 2. The van der Waals surface area contributed by atoms with Crippen LogP contribution in [0, 0.1) is 0 Å². The van der Waals surface area contributed by atoms with E-state index in [0.717, 1.165) is 11.3 Å². The van der Waals surface area contributed by atoms with Crippen LogP contribution in [0.4, 0.5) is 0 Å². The normalized spacial score (nSPS) is 26.5. The maximum atomic E-state index is 4.45. The van der Waals surface area contributed by atoms with E-state index < -0.39 is 0 Å². The van der Waals surface area contributed by atoms with E-state index in [0.29, 0.717) is 12.1 Å². The molecule has 4 rings (SSSR count). The average Bonchev–Trinajstić information content (AvgIpc) is 3.05. The molecule has 0 N–H and O–H groups in total. The van der Waals surface area contributed by atoms with E-state index in [9.17, 15) is 0 Å². The van der Waals surface area contributed by atoms with Crippen LogP contribution >= 0.6 is 0 Å². The molecule has 1 aromatic carbocycles. The van der Waals surface area contributed by atoms with Crippen LogP contribution < -0.4 is 0 Å². The van der Waals surface area contributed by atoms with Crippen LogP contribution in [0.2, 0.25) is 0 Å². The molecule has 110 valence electrons. The second kappa shape index (κ2) is 5.60. The first kappa shape index (κ1) is 13.0. The highest BCUT2D eigenvalue weighted by Crippen LogP contribution is 2.34. The molecule has 0 amide bonds. The summed E-state index contributed by atoms with van der Waals surface area (Å²) >= 11 is 0. The van der Waals surface area contributed by atoms with Gasteiger partial charge in [-0.05, 0) is 38.8 Å². The van der Waals surface area contributed by atoms with Crippen molar-refractivity contribution in [3.8, 4) is 11.3 Å². The molecule has 0 saturated carbocycles. The molecule has 0 unspecified atom stereocenters. The Labute approximate surface area is 125 Å². The molecule has 2 fully saturated rings. The maximum absolute atomic E-state index is 4.45. The molecule has 0 spiro atoms. The molecule has 4 heteroatoms. The van der Waals surface area contributed by atoms with E-state index in [1.54, 1.807) is 0 Å². The van der Waals surface area contributed by atoms with Gasteiger partial charge in [0, 0.05) is 11.6 Å². The number of benzene rings is 1. The van der Waals surface area contributed by atoms with Crippen LogP contribution in [0.3, 0.4) is 0 Å². The molecular formula is C17H22N4. The third-order valence-corrected chi connectivity index (χ3v) is 4.97. The van der Waals surface area contributed by atoms with Crippen LogP contribution in [0.25, 0.3) is 11.3 Å². The van der Waals surface area contributed by atoms with Crippen molar-refractivity contribution in [3.05, 3.63) is 36.5 Å². The molecule has 0 aliphatic carbocycles. The van der Waals surface area contributed by atoms with E-state index in [1.165, 1.54) is 45.2 Å². The Bertz CT molecular complexity index is 590. The highest BCUT2D eigenvalue weighted by Gasteiger charge is 2.34. The van der Waals surface area contributed by atoms with Gasteiger partial charge in [-0.2, -0.15) is 0 Å². The smallest absolute Gasteiger partial charge is 0.113 e. The quantitative estimate of drug-likeness (QED) is 0.848. The fourth-order valence-electron chi connectivity index (χ4n) is 3.91. The van der Waals surface area contributed by atoms with Gasteiger partial charge in [0.2, 0.25) is 0 Å². The van der Waals surface area contributed by atoms with Crippen LogP contribution in [-0.2, 0) is 0 Å². The molecule has 0 bridgehead atoms. The molecular weight excluding hydrogens is 260 g/mol. The SMILES string of the molecule is c1ccc(-c2cn([C@@H]3CCCN4CCCC[C@@H]34)nn2)cc1. The highest BCUT2D eigenvalue weighted by molar-refractivity contribution is 5.57. The largest absolute Gasteiger partial charge is 0.298 e. The lowest BCUT2D eigenvalue weighted by Gasteiger charge is -2.44. The maximum Gasteiger partial charge on any atom is 0.113 e. The van der Waals surface area contributed by atoms with Crippen molar-refractivity contribution in [3.63, 3.8) is 0 Å². The van der Waals surface area contributed by atoms with Crippen molar-refractivity contribution in [2.24, 2.45) is 0 Å². The van der Waals surface area contributed by atoms with E-state index in [-0.39, 0.29) is 0 Å². The lowest BCUT2D eigenvalue weighted by molar-refractivity contribution is 0.0587. The summed E-state index contributed by atoms with van der Waals surface area (Å²) in [5, 5.41) is 8.84. The van der Waals surface area contributed by atoms with Gasteiger partial charge in [-0.15, -0.1) is 5.10 Å². The number of rotatable bonds is 2. The molecule has 2 aliphatic heterocycles. The zero-order valence-electron chi connectivity index (χ0n) is 12.4. The van der Waals surface area contributed by atoms with Crippen LogP contribution in [0.1, 0.15) is 38.1 Å². The molecule has 2 aromatic rings. The first-order valence-corrected chi connectivity index (χ1v) is 8.13. The lowest BCUT2D eigenvalue weighted by atomic mass is 9.89. The average molecular weight is 282 g/mol. The summed E-state index contributed by atoms with van der Waals surface area (Å²) in [6.45, 7) is 2.53. The van der Waals surface area contributed by atoms with Crippen LogP contribution in [0.15, 0.2) is 36.5 Å². The third kappa shape index (κ3) is 2.48. The van der Waals surface area contributed by atoms with Crippen molar-refractivity contribution in [1.29, 1.82) is 0 Å². The van der Waals surface area contributed by atoms with Crippen molar-refractivity contribution >= 4 is 0 Å². The Morgan fingerprint density at radius 2 is 1.71 bits per heavy atom. The first-order chi connectivity index (χ1) is 10.4. The van der Waals surface area contributed by atoms with Gasteiger partial charge in [0.25, 0.3) is 0 Å². The second-order valence-electron chi connectivity index (χ2n) is 6.26. The minimum Gasteiger partial charge on any atom is -0.298 e.